The zero-order valence-electron chi connectivity index (χ0n) is 16.6. The molecule has 0 aliphatic carbocycles. The first-order valence-corrected chi connectivity index (χ1v) is 10.7. The molecule has 144 valence electrons. The molecule has 4 heterocycles. The largest absolute Gasteiger partial charge is 0.341 e. The monoisotopic (exact) mass is 357 g/mol. The quantitative estimate of drug-likeness (QED) is 0.828. The van der Waals surface area contributed by atoms with Gasteiger partial charge in [-0.1, -0.05) is 0 Å². The van der Waals surface area contributed by atoms with Crippen LogP contribution in [0.5, 0.6) is 0 Å². The molecule has 0 unspecified atom stereocenters. The Morgan fingerprint density at radius 2 is 1.50 bits per heavy atom. The van der Waals surface area contributed by atoms with Gasteiger partial charge in [0.25, 0.3) is 0 Å². The number of hydrogen-bond acceptors (Lipinski definition) is 5. The highest BCUT2D eigenvalue weighted by Crippen LogP contribution is 2.34. The number of piperidine rings is 2. The van der Waals surface area contributed by atoms with Crippen LogP contribution in [0.15, 0.2) is 18.5 Å². The molecule has 3 aliphatic rings. The second-order valence-corrected chi connectivity index (χ2v) is 8.78. The molecule has 4 rings (SSSR count). The fourth-order valence-electron chi connectivity index (χ4n) is 5.32. The van der Waals surface area contributed by atoms with E-state index in [1.807, 2.05) is 18.5 Å². The van der Waals surface area contributed by atoms with Crippen LogP contribution in [-0.2, 0) is 0 Å². The molecule has 0 radical (unpaired) electrons. The first-order valence-electron chi connectivity index (χ1n) is 10.7. The average molecular weight is 358 g/mol. The van der Waals surface area contributed by atoms with Crippen molar-refractivity contribution in [3.63, 3.8) is 0 Å². The van der Waals surface area contributed by atoms with Crippen molar-refractivity contribution in [2.24, 2.45) is 11.8 Å². The third-order valence-electron chi connectivity index (χ3n) is 7.04. The van der Waals surface area contributed by atoms with Gasteiger partial charge in [0.1, 0.15) is 0 Å². The van der Waals surface area contributed by atoms with E-state index in [1.54, 1.807) is 0 Å². The minimum Gasteiger partial charge on any atom is -0.341 e. The van der Waals surface area contributed by atoms with Gasteiger partial charge in [-0.3, -0.25) is 4.90 Å². The van der Waals surface area contributed by atoms with E-state index in [1.165, 1.54) is 58.3 Å². The molecular formula is C21H35N5. The standard InChI is InChI=1S/C21H35N5/c1-17(2)24-14-7-20(8-15-24)26-13-6-19(16-26)18-4-11-25(12-5-18)21-22-9-3-10-23-21/h3,9-10,17-20H,4-8,11-16H2,1-2H3/t19-/m0/s1. The molecule has 3 fully saturated rings. The zero-order valence-corrected chi connectivity index (χ0v) is 16.6. The summed E-state index contributed by atoms with van der Waals surface area (Å²) in [5.74, 6) is 2.73. The molecule has 1 aromatic rings. The Bertz CT molecular complexity index is 547. The highest BCUT2D eigenvalue weighted by Gasteiger charge is 2.35. The average Bonchev–Trinajstić information content (AvgIpc) is 3.19. The fraction of sp³-hybridized carbons (Fsp3) is 0.810. The summed E-state index contributed by atoms with van der Waals surface area (Å²) in [6.07, 6.45) is 10.5. The fourth-order valence-corrected chi connectivity index (χ4v) is 5.32. The number of aromatic nitrogens is 2. The molecule has 26 heavy (non-hydrogen) atoms. The SMILES string of the molecule is CC(C)N1CCC(N2CC[C@H](C3CCN(c4ncccn4)CC3)C2)CC1. The summed E-state index contributed by atoms with van der Waals surface area (Å²) < 4.78 is 0. The summed E-state index contributed by atoms with van der Waals surface area (Å²) in [6.45, 7) is 12.2. The molecule has 0 N–H and O–H groups in total. The molecule has 0 aromatic carbocycles. The lowest BCUT2D eigenvalue weighted by Crippen LogP contribution is -2.46. The van der Waals surface area contributed by atoms with Gasteiger partial charge in [-0.05, 0) is 83.5 Å². The van der Waals surface area contributed by atoms with Gasteiger partial charge in [0.05, 0.1) is 0 Å². The van der Waals surface area contributed by atoms with Crippen LogP contribution in [0, 0.1) is 11.8 Å². The maximum Gasteiger partial charge on any atom is 0.225 e. The predicted molar refractivity (Wildman–Crippen MR) is 106 cm³/mol. The molecule has 0 amide bonds. The van der Waals surface area contributed by atoms with Gasteiger partial charge in [0, 0.05) is 44.1 Å². The van der Waals surface area contributed by atoms with Crippen molar-refractivity contribution < 1.29 is 0 Å². The van der Waals surface area contributed by atoms with E-state index in [0.717, 1.165) is 36.9 Å². The second kappa shape index (κ2) is 8.22. The number of rotatable bonds is 4. The Morgan fingerprint density at radius 1 is 0.846 bits per heavy atom. The number of nitrogens with zero attached hydrogens (tertiary/aromatic N) is 5. The van der Waals surface area contributed by atoms with Gasteiger partial charge in [0.15, 0.2) is 0 Å². The van der Waals surface area contributed by atoms with Crippen molar-refractivity contribution >= 4 is 5.95 Å². The Balaban J connectivity index is 1.24. The Hall–Kier alpha value is -1.20. The van der Waals surface area contributed by atoms with E-state index in [0.29, 0.717) is 6.04 Å². The van der Waals surface area contributed by atoms with E-state index < -0.39 is 0 Å². The lowest BCUT2D eigenvalue weighted by atomic mass is 9.84. The summed E-state index contributed by atoms with van der Waals surface area (Å²) in [5.41, 5.74) is 0. The Morgan fingerprint density at radius 3 is 2.15 bits per heavy atom. The smallest absolute Gasteiger partial charge is 0.225 e. The first-order chi connectivity index (χ1) is 12.7. The van der Waals surface area contributed by atoms with Crippen LogP contribution in [0.4, 0.5) is 5.95 Å². The summed E-state index contributed by atoms with van der Waals surface area (Å²) in [5, 5.41) is 0. The lowest BCUT2D eigenvalue weighted by Gasteiger charge is -2.39. The zero-order chi connectivity index (χ0) is 17.9. The normalized spacial score (nSPS) is 27.5. The van der Waals surface area contributed by atoms with E-state index >= 15 is 0 Å². The maximum atomic E-state index is 4.42. The van der Waals surface area contributed by atoms with Crippen molar-refractivity contribution in [1.82, 2.24) is 19.8 Å². The summed E-state index contributed by atoms with van der Waals surface area (Å²) in [6, 6.07) is 3.45. The number of anilines is 1. The van der Waals surface area contributed by atoms with Crippen LogP contribution in [0.1, 0.15) is 46.0 Å². The van der Waals surface area contributed by atoms with Gasteiger partial charge in [0.2, 0.25) is 5.95 Å². The molecule has 0 saturated carbocycles. The van der Waals surface area contributed by atoms with Crippen molar-refractivity contribution in [1.29, 1.82) is 0 Å². The lowest BCUT2D eigenvalue weighted by molar-refractivity contribution is 0.102. The molecule has 1 atom stereocenters. The van der Waals surface area contributed by atoms with Gasteiger partial charge < -0.3 is 9.80 Å². The third kappa shape index (κ3) is 4.04. The minimum absolute atomic E-state index is 0.709. The van der Waals surface area contributed by atoms with Crippen molar-refractivity contribution in [2.45, 2.75) is 58.0 Å². The van der Waals surface area contributed by atoms with Crippen molar-refractivity contribution in [3.05, 3.63) is 18.5 Å². The van der Waals surface area contributed by atoms with Gasteiger partial charge in [-0.2, -0.15) is 0 Å². The van der Waals surface area contributed by atoms with Crippen molar-refractivity contribution in [3.8, 4) is 0 Å². The molecule has 0 spiro atoms. The number of hydrogen-bond donors (Lipinski definition) is 0. The van der Waals surface area contributed by atoms with E-state index in [-0.39, 0.29) is 0 Å². The Labute approximate surface area is 158 Å². The molecule has 5 nitrogen and oxygen atoms in total. The summed E-state index contributed by atoms with van der Waals surface area (Å²) >= 11 is 0. The molecule has 5 heteroatoms. The van der Waals surface area contributed by atoms with Gasteiger partial charge in [-0.15, -0.1) is 0 Å². The maximum absolute atomic E-state index is 4.42. The second-order valence-electron chi connectivity index (χ2n) is 8.78. The van der Waals surface area contributed by atoms with Crippen LogP contribution in [0.25, 0.3) is 0 Å². The molecule has 3 saturated heterocycles. The minimum atomic E-state index is 0.709. The summed E-state index contributed by atoms with van der Waals surface area (Å²) in [4.78, 5) is 16.7. The molecule has 0 bridgehead atoms. The highest BCUT2D eigenvalue weighted by atomic mass is 15.3. The van der Waals surface area contributed by atoms with Gasteiger partial charge in [-0.25, -0.2) is 9.97 Å². The summed E-state index contributed by atoms with van der Waals surface area (Å²) in [7, 11) is 0. The first kappa shape index (κ1) is 18.2. The van der Waals surface area contributed by atoms with Crippen LogP contribution < -0.4 is 4.90 Å². The van der Waals surface area contributed by atoms with Crippen molar-refractivity contribution in [2.75, 3.05) is 44.2 Å². The topological polar surface area (TPSA) is 35.5 Å². The van der Waals surface area contributed by atoms with Crippen LogP contribution in [0.2, 0.25) is 0 Å². The predicted octanol–water partition coefficient (Wildman–Crippen LogP) is 2.89. The van der Waals surface area contributed by atoms with Crippen LogP contribution >= 0.6 is 0 Å². The molecule has 1 aromatic heterocycles. The van der Waals surface area contributed by atoms with E-state index in [2.05, 4.69) is 38.5 Å². The van der Waals surface area contributed by atoms with Crippen LogP contribution in [-0.4, -0.2) is 71.1 Å². The highest BCUT2D eigenvalue weighted by molar-refractivity contribution is 5.28. The Kier molecular flexibility index (Phi) is 5.75. The molecule has 3 aliphatic heterocycles. The third-order valence-corrected chi connectivity index (χ3v) is 7.04. The number of likely N-dealkylation sites (tertiary alicyclic amines) is 2. The van der Waals surface area contributed by atoms with Gasteiger partial charge >= 0.3 is 0 Å². The van der Waals surface area contributed by atoms with E-state index in [9.17, 15) is 0 Å². The molecular weight excluding hydrogens is 322 g/mol. The van der Waals surface area contributed by atoms with Crippen LogP contribution in [0.3, 0.4) is 0 Å². The van der Waals surface area contributed by atoms with E-state index in [4.69, 9.17) is 0 Å².